The molecule has 1 fully saturated rings. The number of halogens is 1. The zero-order valence-corrected chi connectivity index (χ0v) is 15.0. The van der Waals surface area contributed by atoms with Crippen LogP contribution in [0, 0.1) is 5.82 Å². The first-order valence-corrected chi connectivity index (χ1v) is 8.76. The monoisotopic (exact) mass is 357 g/mol. The van der Waals surface area contributed by atoms with Gasteiger partial charge in [0.15, 0.2) is 0 Å². The van der Waals surface area contributed by atoms with E-state index < -0.39 is 0 Å². The van der Waals surface area contributed by atoms with Crippen LogP contribution in [-0.2, 0) is 16.1 Å². The summed E-state index contributed by atoms with van der Waals surface area (Å²) in [4.78, 5) is 16.5. The maximum atomic E-state index is 13.3. The predicted molar refractivity (Wildman–Crippen MR) is 101 cm³/mol. The number of hydrogen-bond acceptors (Lipinski definition) is 4. The zero-order chi connectivity index (χ0) is 18.4. The van der Waals surface area contributed by atoms with E-state index >= 15 is 0 Å². The van der Waals surface area contributed by atoms with Crippen molar-refractivity contribution in [1.29, 1.82) is 0 Å². The van der Waals surface area contributed by atoms with Crippen molar-refractivity contribution in [2.45, 2.75) is 6.54 Å². The third kappa shape index (κ3) is 5.03. The minimum absolute atomic E-state index is 0.0930. The lowest BCUT2D eigenvalue weighted by atomic mass is 10.2. The number of hydrogen-bond donors (Lipinski definition) is 1. The van der Waals surface area contributed by atoms with E-state index in [0.29, 0.717) is 19.8 Å². The number of carbonyl (C=O) groups is 1. The first-order valence-electron chi connectivity index (χ1n) is 8.76. The van der Waals surface area contributed by atoms with Gasteiger partial charge >= 0.3 is 0 Å². The zero-order valence-electron chi connectivity index (χ0n) is 15.0. The fourth-order valence-corrected chi connectivity index (χ4v) is 3.10. The number of ether oxygens (including phenoxy) is 1. The summed E-state index contributed by atoms with van der Waals surface area (Å²) < 4.78 is 18.7. The Hall–Kier alpha value is -2.44. The molecule has 0 spiro atoms. The highest BCUT2D eigenvalue weighted by atomic mass is 19.1. The van der Waals surface area contributed by atoms with Crippen LogP contribution in [0.25, 0.3) is 0 Å². The van der Waals surface area contributed by atoms with Gasteiger partial charge in [0.2, 0.25) is 5.91 Å². The number of benzene rings is 2. The van der Waals surface area contributed by atoms with Crippen molar-refractivity contribution in [3.63, 3.8) is 0 Å². The second kappa shape index (κ2) is 8.78. The first kappa shape index (κ1) is 18.4. The number of morpholine rings is 1. The quantitative estimate of drug-likeness (QED) is 0.863. The maximum Gasteiger partial charge on any atom is 0.238 e. The summed E-state index contributed by atoms with van der Waals surface area (Å²) in [5.74, 6) is -0.357. The van der Waals surface area contributed by atoms with Crippen molar-refractivity contribution in [2.24, 2.45) is 0 Å². The molecule has 6 heteroatoms. The lowest BCUT2D eigenvalue weighted by Gasteiger charge is -2.30. The smallest absolute Gasteiger partial charge is 0.238 e. The van der Waals surface area contributed by atoms with E-state index in [1.165, 1.54) is 12.1 Å². The summed E-state index contributed by atoms with van der Waals surface area (Å²) in [6.07, 6.45) is 0. The molecule has 1 N–H and O–H groups in total. The Morgan fingerprint density at radius 3 is 2.73 bits per heavy atom. The van der Waals surface area contributed by atoms with Gasteiger partial charge in [0, 0.05) is 19.6 Å². The number of anilines is 2. The molecule has 0 aliphatic carbocycles. The standard InChI is InChI=1S/C20H24FN3O2/c1-23(14-16-5-4-6-17(21)13-16)15-20(25)22-18-7-2-3-8-19(18)24-9-11-26-12-10-24/h2-8,13H,9-12,14-15H2,1H3,(H,22,25). The molecular weight excluding hydrogens is 333 g/mol. The largest absolute Gasteiger partial charge is 0.378 e. The van der Waals surface area contributed by atoms with Crippen LogP contribution in [0.5, 0.6) is 0 Å². The van der Waals surface area contributed by atoms with E-state index in [1.807, 2.05) is 42.3 Å². The number of para-hydroxylation sites is 2. The van der Waals surface area contributed by atoms with Gasteiger partial charge in [-0.3, -0.25) is 9.69 Å². The fourth-order valence-electron chi connectivity index (χ4n) is 3.10. The van der Waals surface area contributed by atoms with Gasteiger partial charge in [-0.05, 0) is 36.9 Å². The van der Waals surface area contributed by atoms with E-state index in [9.17, 15) is 9.18 Å². The summed E-state index contributed by atoms with van der Waals surface area (Å²) in [5, 5.41) is 3.00. The van der Waals surface area contributed by atoms with E-state index in [1.54, 1.807) is 6.07 Å². The van der Waals surface area contributed by atoms with Gasteiger partial charge in [0.05, 0.1) is 31.1 Å². The van der Waals surface area contributed by atoms with Crippen LogP contribution in [0.15, 0.2) is 48.5 Å². The van der Waals surface area contributed by atoms with Gasteiger partial charge in [-0.15, -0.1) is 0 Å². The van der Waals surface area contributed by atoms with E-state index in [-0.39, 0.29) is 18.3 Å². The second-order valence-corrected chi connectivity index (χ2v) is 6.47. The summed E-state index contributed by atoms with van der Waals surface area (Å²) >= 11 is 0. The second-order valence-electron chi connectivity index (χ2n) is 6.47. The molecular formula is C20H24FN3O2. The van der Waals surface area contributed by atoms with Gasteiger partial charge in [-0.25, -0.2) is 4.39 Å². The Bertz CT molecular complexity index is 747. The number of amides is 1. The summed E-state index contributed by atoms with van der Waals surface area (Å²) in [6, 6.07) is 14.2. The van der Waals surface area contributed by atoms with Crippen molar-refractivity contribution in [3.05, 3.63) is 59.9 Å². The highest BCUT2D eigenvalue weighted by Crippen LogP contribution is 2.26. The van der Waals surface area contributed by atoms with Gasteiger partial charge in [-0.2, -0.15) is 0 Å². The Labute approximate surface area is 153 Å². The topological polar surface area (TPSA) is 44.8 Å². The van der Waals surface area contributed by atoms with Crippen LogP contribution in [0.4, 0.5) is 15.8 Å². The number of rotatable bonds is 6. The lowest BCUT2D eigenvalue weighted by Crippen LogP contribution is -2.37. The molecule has 2 aromatic carbocycles. The molecule has 0 aromatic heterocycles. The van der Waals surface area contributed by atoms with Gasteiger partial charge in [0.25, 0.3) is 0 Å². The molecule has 1 heterocycles. The van der Waals surface area contributed by atoms with Crippen LogP contribution in [0.2, 0.25) is 0 Å². The molecule has 5 nitrogen and oxygen atoms in total. The van der Waals surface area contributed by atoms with Crippen molar-refractivity contribution < 1.29 is 13.9 Å². The number of carbonyl (C=O) groups excluding carboxylic acids is 1. The Kier molecular flexibility index (Phi) is 6.20. The van der Waals surface area contributed by atoms with Crippen molar-refractivity contribution >= 4 is 17.3 Å². The van der Waals surface area contributed by atoms with Crippen LogP contribution in [0.3, 0.4) is 0 Å². The molecule has 1 aliphatic heterocycles. The van der Waals surface area contributed by atoms with Gasteiger partial charge < -0.3 is 15.0 Å². The van der Waals surface area contributed by atoms with Crippen molar-refractivity contribution in [1.82, 2.24) is 4.90 Å². The number of nitrogens with one attached hydrogen (secondary N) is 1. The average molecular weight is 357 g/mol. The normalized spacial score (nSPS) is 14.5. The molecule has 2 aromatic rings. The highest BCUT2D eigenvalue weighted by Gasteiger charge is 2.16. The summed E-state index contributed by atoms with van der Waals surface area (Å²) in [6.45, 7) is 3.75. The molecule has 3 rings (SSSR count). The van der Waals surface area contributed by atoms with E-state index in [4.69, 9.17) is 4.74 Å². The van der Waals surface area contributed by atoms with Crippen LogP contribution < -0.4 is 10.2 Å². The molecule has 1 saturated heterocycles. The molecule has 1 amide bonds. The molecule has 0 atom stereocenters. The minimum Gasteiger partial charge on any atom is -0.378 e. The minimum atomic E-state index is -0.264. The maximum absolute atomic E-state index is 13.3. The fraction of sp³-hybridized carbons (Fsp3) is 0.350. The third-order valence-corrected chi connectivity index (χ3v) is 4.28. The van der Waals surface area contributed by atoms with Crippen LogP contribution >= 0.6 is 0 Å². The SMILES string of the molecule is CN(CC(=O)Nc1ccccc1N1CCOCC1)Cc1cccc(F)c1. The van der Waals surface area contributed by atoms with Gasteiger partial charge in [-0.1, -0.05) is 24.3 Å². The lowest BCUT2D eigenvalue weighted by molar-refractivity contribution is -0.117. The molecule has 0 unspecified atom stereocenters. The van der Waals surface area contributed by atoms with Crippen molar-refractivity contribution in [3.8, 4) is 0 Å². The number of likely N-dealkylation sites (N-methyl/N-ethyl adjacent to an activating group) is 1. The summed E-state index contributed by atoms with van der Waals surface area (Å²) in [7, 11) is 1.85. The molecule has 26 heavy (non-hydrogen) atoms. The Morgan fingerprint density at radius 1 is 1.19 bits per heavy atom. The molecule has 0 saturated carbocycles. The Balaban J connectivity index is 1.59. The highest BCUT2D eigenvalue weighted by molar-refractivity contribution is 5.95. The Morgan fingerprint density at radius 2 is 1.96 bits per heavy atom. The predicted octanol–water partition coefficient (Wildman–Crippen LogP) is 2.73. The van der Waals surface area contributed by atoms with Crippen molar-refractivity contribution in [2.75, 3.05) is 50.1 Å². The molecule has 1 aliphatic rings. The summed E-state index contributed by atoms with van der Waals surface area (Å²) in [5.41, 5.74) is 2.66. The third-order valence-electron chi connectivity index (χ3n) is 4.28. The van der Waals surface area contributed by atoms with E-state index in [0.717, 1.165) is 30.0 Å². The van der Waals surface area contributed by atoms with E-state index in [2.05, 4.69) is 10.2 Å². The molecule has 0 radical (unpaired) electrons. The van der Waals surface area contributed by atoms with Crippen LogP contribution in [-0.4, -0.2) is 50.7 Å². The van der Waals surface area contributed by atoms with Crippen LogP contribution in [0.1, 0.15) is 5.56 Å². The van der Waals surface area contributed by atoms with Gasteiger partial charge in [0.1, 0.15) is 5.82 Å². The number of nitrogens with zero attached hydrogens (tertiary/aromatic N) is 2. The molecule has 138 valence electrons. The molecule has 0 bridgehead atoms. The average Bonchev–Trinajstić information content (AvgIpc) is 2.62. The first-order chi connectivity index (χ1) is 12.6.